The highest BCUT2D eigenvalue weighted by molar-refractivity contribution is 5.82. The van der Waals surface area contributed by atoms with E-state index in [1.807, 2.05) is 30.4 Å². The minimum absolute atomic E-state index is 0.310. The lowest BCUT2D eigenvalue weighted by atomic mass is 10.1. The van der Waals surface area contributed by atoms with Crippen LogP contribution < -0.4 is 0 Å². The largest absolute Gasteiger partial charge is 0.463 e. The number of carbonyl (C=O) groups excluding carboxylic acids is 1. The topological polar surface area (TPSA) is 26.3 Å². The Kier molecular flexibility index (Phi) is 6.98. The Hall–Kier alpha value is -2.09. The summed E-state index contributed by atoms with van der Waals surface area (Å²) in [6.45, 7) is 2.19. The van der Waals surface area contributed by atoms with Crippen molar-refractivity contribution >= 4 is 5.97 Å². The quantitative estimate of drug-likeness (QED) is 0.434. The predicted octanol–water partition coefficient (Wildman–Crippen LogP) is 3.46. The standard InChI is InChI=1S/C16H18O2/c1-2-18-16(17)14-10-5-3-4-7-11-15-12-8-6-9-13-15/h3-10,12-14H,2,11H2,1H3/b5-3-,7-4+,14-10+. The summed E-state index contributed by atoms with van der Waals surface area (Å²) >= 11 is 0. The van der Waals surface area contributed by atoms with Gasteiger partial charge in [0.1, 0.15) is 0 Å². The molecule has 0 heterocycles. The summed E-state index contributed by atoms with van der Waals surface area (Å²) in [6, 6.07) is 10.2. The molecule has 0 atom stereocenters. The summed E-state index contributed by atoms with van der Waals surface area (Å²) < 4.78 is 4.75. The summed E-state index contributed by atoms with van der Waals surface area (Å²) in [7, 11) is 0. The maximum absolute atomic E-state index is 11.0. The molecule has 94 valence electrons. The van der Waals surface area contributed by atoms with Crippen LogP contribution in [0.4, 0.5) is 0 Å². The van der Waals surface area contributed by atoms with Crippen LogP contribution in [0.15, 0.2) is 66.8 Å². The second-order valence-corrected chi connectivity index (χ2v) is 3.61. The Labute approximate surface area is 108 Å². The van der Waals surface area contributed by atoms with Crippen LogP contribution >= 0.6 is 0 Å². The second-order valence-electron chi connectivity index (χ2n) is 3.61. The van der Waals surface area contributed by atoms with Gasteiger partial charge in [-0.15, -0.1) is 0 Å². The molecule has 0 saturated carbocycles. The third-order valence-corrected chi connectivity index (χ3v) is 2.18. The van der Waals surface area contributed by atoms with Crippen molar-refractivity contribution in [3.8, 4) is 0 Å². The minimum atomic E-state index is -0.310. The lowest BCUT2D eigenvalue weighted by Crippen LogP contribution is -1.98. The van der Waals surface area contributed by atoms with Gasteiger partial charge in [-0.2, -0.15) is 0 Å². The zero-order chi connectivity index (χ0) is 13.1. The maximum atomic E-state index is 11.0. The molecule has 0 aromatic heterocycles. The molecule has 0 bridgehead atoms. The van der Waals surface area contributed by atoms with Gasteiger partial charge in [-0.05, 0) is 18.9 Å². The summed E-state index contributed by atoms with van der Waals surface area (Å²) in [5.41, 5.74) is 1.28. The van der Waals surface area contributed by atoms with E-state index in [9.17, 15) is 4.79 Å². The van der Waals surface area contributed by atoms with Crippen LogP contribution in [0.1, 0.15) is 12.5 Å². The zero-order valence-corrected chi connectivity index (χ0v) is 10.6. The number of hydrogen-bond donors (Lipinski definition) is 0. The van der Waals surface area contributed by atoms with Crippen molar-refractivity contribution in [1.82, 2.24) is 0 Å². The number of hydrogen-bond acceptors (Lipinski definition) is 2. The van der Waals surface area contributed by atoms with E-state index in [0.29, 0.717) is 6.61 Å². The highest BCUT2D eigenvalue weighted by Gasteiger charge is 1.89. The third kappa shape index (κ3) is 6.48. The van der Waals surface area contributed by atoms with Crippen LogP contribution in [0.5, 0.6) is 0 Å². The van der Waals surface area contributed by atoms with E-state index in [0.717, 1.165) is 6.42 Å². The average Bonchev–Trinajstić information content (AvgIpc) is 2.39. The highest BCUT2D eigenvalue weighted by atomic mass is 16.5. The molecule has 0 fully saturated rings. The van der Waals surface area contributed by atoms with Gasteiger partial charge in [0, 0.05) is 6.08 Å². The van der Waals surface area contributed by atoms with Crippen molar-refractivity contribution < 1.29 is 9.53 Å². The molecule has 0 N–H and O–H groups in total. The fourth-order valence-electron chi connectivity index (χ4n) is 1.35. The van der Waals surface area contributed by atoms with Crippen LogP contribution in [-0.2, 0) is 16.0 Å². The number of rotatable bonds is 6. The second kappa shape index (κ2) is 8.99. The molecule has 1 rings (SSSR count). The van der Waals surface area contributed by atoms with E-state index in [1.165, 1.54) is 11.6 Å². The van der Waals surface area contributed by atoms with E-state index in [-0.39, 0.29) is 5.97 Å². The number of benzene rings is 1. The lowest BCUT2D eigenvalue weighted by molar-refractivity contribution is -0.137. The first kappa shape index (κ1) is 14.0. The van der Waals surface area contributed by atoms with Crippen LogP contribution in [0.3, 0.4) is 0 Å². The molecule has 18 heavy (non-hydrogen) atoms. The number of ether oxygens (including phenoxy) is 1. The first-order chi connectivity index (χ1) is 8.83. The van der Waals surface area contributed by atoms with Crippen LogP contribution in [-0.4, -0.2) is 12.6 Å². The normalized spacial score (nSPS) is 11.6. The van der Waals surface area contributed by atoms with Crippen molar-refractivity contribution in [2.75, 3.05) is 6.61 Å². The Morgan fingerprint density at radius 3 is 2.56 bits per heavy atom. The number of carbonyl (C=O) groups is 1. The van der Waals surface area contributed by atoms with Gasteiger partial charge in [0.05, 0.1) is 6.61 Å². The fraction of sp³-hybridized carbons (Fsp3) is 0.188. The molecule has 0 amide bonds. The Morgan fingerprint density at radius 2 is 1.83 bits per heavy atom. The molecule has 0 radical (unpaired) electrons. The van der Waals surface area contributed by atoms with Crippen molar-refractivity contribution in [3.63, 3.8) is 0 Å². The summed E-state index contributed by atoms with van der Waals surface area (Å²) in [5.74, 6) is -0.310. The van der Waals surface area contributed by atoms with Gasteiger partial charge in [0.2, 0.25) is 0 Å². The molecule has 0 spiro atoms. The van der Waals surface area contributed by atoms with Crippen molar-refractivity contribution in [2.45, 2.75) is 13.3 Å². The van der Waals surface area contributed by atoms with E-state index >= 15 is 0 Å². The predicted molar refractivity (Wildman–Crippen MR) is 74.2 cm³/mol. The van der Waals surface area contributed by atoms with Gasteiger partial charge in [0.15, 0.2) is 0 Å². The Bertz CT molecular complexity index is 428. The Balaban J connectivity index is 2.26. The molecule has 0 aliphatic rings. The van der Waals surface area contributed by atoms with Crippen LogP contribution in [0.25, 0.3) is 0 Å². The van der Waals surface area contributed by atoms with Gasteiger partial charge >= 0.3 is 5.97 Å². The molecular formula is C16H18O2. The number of esters is 1. The number of allylic oxidation sites excluding steroid dienone is 5. The molecule has 2 heteroatoms. The first-order valence-corrected chi connectivity index (χ1v) is 6.03. The smallest absolute Gasteiger partial charge is 0.330 e. The molecule has 0 aliphatic heterocycles. The molecule has 0 saturated heterocycles. The first-order valence-electron chi connectivity index (χ1n) is 6.03. The molecular weight excluding hydrogens is 224 g/mol. The van der Waals surface area contributed by atoms with Crippen molar-refractivity contribution in [2.24, 2.45) is 0 Å². The molecule has 0 unspecified atom stereocenters. The van der Waals surface area contributed by atoms with Gasteiger partial charge in [-0.3, -0.25) is 0 Å². The van der Waals surface area contributed by atoms with E-state index in [1.54, 1.807) is 19.1 Å². The van der Waals surface area contributed by atoms with Crippen LogP contribution in [0, 0.1) is 0 Å². The third-order valence-electron chi connectivity index (χ3n) is 2.18. The maximum Gasteiger partial charge on any atom is 0.330 e. The zero-order valence-electron chi connectivity index (χ0n) is 10.6. The van der Waals surface area contributed by atoms with Gasteiger partial charge < -0.3 is 4.74 Å². The SMILES string of the molecule is CCOC(=O)/C=C/C=C\C=C\Cc1ccccc1. The van der Waals surface area contributed by atoms with E-state index in [2.05, 4.69) is 18.2 Å². The summed E-state index contributed by atoms with van der Waals surface area (Å²) in [4.78, 5) is 11.0. The summed E-state index contributed by atoms with van der Waals surface area (Å²) in [6.07, 6.45) is 11.7. The lowest BCUT2D eigenvalue weighted by Gasteiger charge is -1.93. The van der Waals surface area contributed by atoms with E-state index in [4.69, 9.17) is 4.74 Å². The molecule has 1 aromatic carbocycles. The van der Waals surface area contributed by atoms with E-state index < -0.39 is 0 Å². The average molecular weight is 242 g/mol. The van der Waals surface area contributed by atoms with Gasteiger partial charge in [-0.1, -0.05) is 60.7 Å². The van der Waals surface area contributed by atoms with Crippen LogP contribution in [0.2, 0.25) is 0 Å². The van der Waals surface area contributed by atoms with Crippen molar-refractivity contribution in [1.29, 1.82) is 0 Å². The Morgan fingerprint density at radius 1 is 1.11 bits per heavy atom. The minimum Gasteiger partial charge on any atom is -0.463 e. The molecule has 0 aliphatic carbocycles. The highest BCUT2D eigenvalue weighted by Crippen LogP contribution is 1.99. The molecule has 2 nitrogen and oxygen atoms in total. The van der Waals surface area contributed by atoms with Crippen molar-refractivity contribution in [3.05, 3.63) is 72.4 Å². The fourth-order valence-corrected chi connectivity index (χ4v) is 1.35. The monoisotopic (exact) mass is 242 g/mol. The van der Waals surface area contributed by atoms with Gasteiger partial charge in [-0.25, -0.2) is 4.79 Å². The summed E-state index contributed by atoms with van der Waals surface area (Å²) in [5, 5.41) is 0. The molecule has 1 aromatic rings. The van der Waals surface area contributed by atoms with Gasteiger partial charge in [0.25, 0.3) is 0 Å².